The number of sulfonamides is 1. The van der Waals surface area contributed by atoms with E-state index in [9.17, 15) is 13.2 Å². The number of ether oxygens (including phenoxy) is 1. The first kappa shape index (κ1) is 23.0. The van der Waals surface area contributed by atoms with Gasteiger partial charge in [-0.05, 0) is 68.7 Å². The molecule has 0 aliphatic heterocycles. The second kappa shape index (κ2) is 10.5. The molecule has 6 nitrogen and oxygen atoms in total. The van der Waals surface area contributed by atoms with Crippen LogP contribution in [0.4, 0.5) is 5.69 Å². The molecule has 0 spiro atoms. The van der Waals surface area contributed by atoms with Crippen LogP contribution in [0.25, 0.3) is 0 Å². The van der Waals surface area contributed by atoms with E-state index in [0.717, 1.165) is 34.7 Å². The third kappa shape index (κ3) is 6.94. The number of hydrogen-bond acceptors (Lipinski definition) is 4. The fourth-order valence-electron chi connectivity index (χ4n) is 2.97. The van der Waals surface area contributed by atoms with Gasteiger partial charge in [0.1, 0.15) is 11.8 Å². The van der Waals surface area contributed by atoms with Gasteiger partial charge in [0.2, 0.25) is 15.9 Å². The minimum Gasteiger partial charge on any atom is -0.494 e. The lowest BCUT2D eigenvalue weighted by Gasteiger charge is -2.28. The Labute approximate surface area is 177 Å². The number of benzene rings is 2. The Bertz CT molecular complexity index is 899. The topological polar surface area (TPSA) is 75.7 Å². The molecule has 0 fully saturated rings. The summed E-state index contributed by atoms with van der Waals surface area (Å²) >= 11 is 5.88. The highest BCUT2D eigenvalue weighted by Crippen LogP contribution is 2.23. The smallest absolute Gasteiger partial charge is 0.243 e. The molecule has 29 heavy (non-hydrogen) atoms. The van der Waals surface area contributed by atoms with Gasteiger partial charge in [0.05, 0.1) is 18.6 Å². The van der Waals surface area contributed by atoms with E-state index < -0.39 is 16.1 Å². The second-order valence-electron chi connectivity index (χ2n) is 6.68. The Morgan fingerprint density at radius 2 is 1.76 bits per heavy atom. The number of nitrogens with zero attached hydrogens (tertiary/aromatic N) is 1. The van der Waals surface area contributed by atoms with E-state index in [1.165, 1.54) is 0 Å². The number of aryl methyl sites for hydroxylation is 1. The number of amides is 1. The van der Waals surface area contributed by atoms with Crippen molar-refractivity contribution in [3.63, 3.8) is 0 Å². The largest absolute Gasteiger partial charge is 0.494 e. The number of anilines is 1. The summed E-state index contributed by atoms with van der Waals surface area (Å²) in [7, 11) is -3.64. The van der Waals surface area contributed by atoms with Crippen molar-refractivity contribution in [2.45, 2.75) is 32.7 Å². The SMILES string of the molecule is CCOc1ccc(CCCNC(=O)[C@H](C)N(c2ccc(Cl)cc2)S(C)(=O)=O)cc1. The maximum absolute atomic E-state index is 12.5. The van der Waals surface area contributed by atoms with Crippen molar-refractivity contribution in [1.29, 1.82) is 0 Å². The van der Waals surface area contributed by atoms with E-state index in [2.05, 4.69) is 5.32 Å². The van der Waals surface area contributed by atoms with Gasteiger partial charge in [0.15, 0.2) is 0 Å². The zero-order valence-electron chi connectivity index (χ0n) is 16.9. The van der Waals surface area contributed by atoms with Gasteiger partial charge in [-0.15, -0.1) is 0 Å². The number of nitrogens with one attached hydrogen (secondary N) is 1. The molecular weight excluding hydrogens is 412 g/mol. The zero-order chi connectivity index (χ0) is 21.4. The maximum Gasteiger partial charge on any atom is 0.243 e. The van der Waals surface area contributed by atoms with Gasteiger partial charge < -0.3 is 10.1 Å². The van der Waals surface area contributed by atoms with Crippen molar-refractivity contribution in [3.8, 4) is 5.75 Å². The van der Waals surface area contributed by atoms with Crippen molar-refractivity contribution in [3.05, 3.63) is 59.1 Å². The summed E-state index contributed by atoms with van der Waals surface area (Å²) in [5.41, 5.74) is 1.55. The summed E-state index contributed by atoms with van der Waals surface area (Å²) in [6.45, 7) is 4.59. The predicted molar refractivity (Wildman–Crippen MR) is 117 cm³/mol. The van der Waals surface area contributed by atoms with E-state index in [1.54, 1.807) is 31.2 Å². The molecule has 158 valence electrons. The summed E-state index contributed by atoms with van der Waals surface area (Å²) in [6.07, 6.45) is 2.62. The van der Waals surface area contributed by atoms with Gasteiger partial charge in [0, 0.05) is 11.6 Å². The first-order chi connectivity index (χ1) is 13.7. The second-order valence-corrected chi connectivity index (χ2v) is 8.98. The summed E-state index contributed by atoms with van der Waals surface area (Å²) < 4.78 is 31.0. The van der Waals surface area contributed by atoms with Crippen LogP contribution in [-0.4, -0.2) is 39.8 Å². The Morgan fingerprint density at radius 1 is 1.14 bits per heavy atom. The van der Waals surface area contributed by atoms with Gasteiger partial charge in [-0.25, -0.2) is 8.42 Å². The van der Waals surface area contributed by atoms with Crippen LogP contribution in [-0.2, 0) is 21.2 Å². The van der Waals surface area contributed by atoms with Crippen molar-refractivity contribution < 1.29 is 17.9 Å². The maximum atomic E-state index is 12.5. The molecule has 1 amide bonds. The van der Waals surface area contributed by atoms with Crippen molar-refractivity contribution >= 4 is 33.2 Å². The molecular formula is C21H27ClN2O4S. The van der Waals surface area contributed by atoms with Crippen LogP contribution in [0.3, 0.4) is 0 Å². The standard InChI is InChI=1S/C21H27ClN2O4S/c1-4-28-20-13-7-17(8-14-20)6-5-15-23-21(25)16(2)24(29(3,26)27)19-11-9-18(22)10-12-19/h7-14,16H,4-6,15H2,1-3H3,(H,23,25)/t16-/m0/s1. The highest BCUT2D eigenvalue weighted by molar-refractivity contribution is 7.92. The minimum absolute atomic E-state index is 0.350. The Morgan fingerprint density at radius 3 is 2.31 bits per heavy atom. The Balaban J connectivity index is 1.91. The van der Waals surface area contributed by atoms with Crippen molar-refractivity contribution in [2.24, 2.45) is 0 Å². The van der Waals surface area contributed by atoms with Gasteiger partial charge in [-0.2, -0.15) is 0 Å². The van der Waals surface area contributed by atoms with Crippen LogP contribution in [0.2, 0.25) is 5.02 Å². The third-order valence-corrected chi connectivity index (χ3v) is 5.84. The minimum atomic E-state index is -3.64. The van der Waals surface area contributed by atoms with Gasteiger partial charge in [-0.3, -0.25) is 9.10 Å². The molecule has 2 aromatic rings. The molecule has 1 N–H and O–H groups in total. The monoisotopic (exact) mass is 438 g/mol. The summed E-state index contributed by atoms with van der Waals surface area (Å²) in [4.78, 5) is 12.5. The summed E-state index contributed by atoms with van der Waals surface area (Å²) in [5, 5.41) is 3.32. The van der Waals surface area contributed by atoms with Crippen LogP contribution in [0.1, 0.15) is 25.8 Å². The lowest BCUT2D eigenvalue weighted by atomic mass is 10.1. The molecule has 0 aliphatic rings. The van der Waals surface area contributed by atoms with Gasteiger partial charge >= 0.3 is 0 Å². The number of halogens is 1. The number of carbonyl (C=O) groups is 1. The quantitative estimate of drug-likeness (QED) is 0.574. The highest BCUT2D eigenvalue weighted by Gasteiger charge is 2.28. The summed E-state index contributed by atoms with van der Waals surface area (Å²) in [6, 6.07) is 13.3. The van der Waals surface area contributed by atoms with Crippen molar-refractivity contribution in [2.75, 3.05) is 23.7 Å². The number of carbonyl (C=O) groups excluding carboxylic acids is 1. The average Bonchev–Trinajstić information content (AvgIpc) is 2.67. The van der Waals surface area contributed by atoms with Crippen molar-refractivity contribution in [1.82, 2.24) is 5.32 Å². The molecule has 0 unspecified atom stereocenters. The lowest BCUT2D eigenvalue weighted by molar-refractivity contribution is -0.121. The Hall–Kier alpha value is -2.25. The molecule has 0 saturated heterocycles. The molecule has 0 radical (unpaired) electrons. The van der Waals surface area contributed by atoms with E-state index in [1.807, 2.05) is 31.2 Å². The molecule has 1 atom stereocenters. The lowest BCUT2D eigenvalue weighted by Crippen LogP contribution is -2.48. The molecule has 0 bridgehead atoms. The molecule has 0 saturated carbocycles. The molecule has 2 rings (SSSR count). The van der Waals surface area contributed by atoms with Gasteiger partial charge in [0.25, 0.3) is 0 Å². The van der Waals surface area contributed by atoms with Crippen LogP contribution in [0.5, 0.6) is 5.75 Å². The fraction of sp³-hybridized carbons (Fsp3) is 0.381. The predicted octanol–water partition coefficient (Wildman–Crippen LogP) is 3.64. The first-order valence-electron chi connectivity index (χ1n) is 9.46. The van der Waals surface area contributed by atoms with E-state index in [0.29, 0.717) is 23.9 Å². The Kier molecular flexibility index (Phi) is 8.34. The van der Waals surface area contributed by atoms with Crippen LogP contribution >= 0.6 is 11.6 Å². The molecule has 0 aromatic heterocycles. The number of rotatable bonds is 10. The fourth-order valence-corrected chi connectivity index (χ4v) is 4.27. The van der Waals surface area contributed by atoms with Crippen LogP contribution in [0, 0.1) is 0 Å². The normalized spacial score (nSPS) is 12.3. The van der Waals surface area contributed by atoms with Crippen LogP contribution in [0.15, 0.2) is 48.5 Å². The average molecular weight is 439 g/mol. The summed E-state index contributed by atoms with van der Waals surface area (Å²) in [5.74, 6) is 0.485. The zero-order valence-corrected chi connectivity index (χ0v) is 18.5. The van der Waals surface area contributed by atoms with E-state index >= 15 is 0 Å². The van der Waals surface area contributed by atoms with E-state index in [-0.39, 0.29) is 5.91 Å². The van der Waals surface area contributed by atoms with Gasteiger partial charge in [-0.1, -0.05) is 23.7 Å². The van der Waals surface area contributed by atoms with E-state index in [4.69, 9.17) is 16.3 Å². The molecule has 0 heterocycles. The third-order valence-electron chi connectivity index (χ3n) is 4.35. The highest BCUT2D eigenvalue weighted by atomic mass is 35.5. The number of hydrogen-bond donors (Lipinski definition) is 1. The molecule has 8 heteroatoms. The molecule has 2 aromatic carbocycles. The first-order valence-corrected chi connectivity index (χ1v) is 11.7. The molecule has 0 aliphatic carbocycles. The van der Waals surface area contributed by atoms with Crippen LogP contribution < -0.4 is 14.4 Å².